The molecule has 184 valence electrons. The van der Waals surface area contributed by atoms with Crippen molar-refractivity contribution in [1.82, 2.24) is 15.0 Å². The Hall–Kier alpha value is -4.09. The molecule has 0 aliphatic rings. The summed E-state index contributed by atoms with van der Waals surface area (Å²) in [7, 11) is 1.43. The summed E-state index contributed by atoms with van der Waals surface area (Å²) in [6.07, 6.45) is -1.99. The topological polar surface area (TPSA) is 100 Å². The van der Waals surface area contributed by atoms with Gasteiger partial charge in [-0.1, -0.05) is 0 Å². The van der Waals surface area contributed by atoms with Crippen molar-refractivity contribution in [1.29, 1.82) is 0 Å². The molecule has 0 saturated carbocycles. The van der Waals surface area contributed by atoms with Crippen molar-refractivity contribution in [2.45, 2.75) is 25.9 Å². The Morgan fingerprint density at radius 2 is 1.69 bits per heavy atom. The molecule has 0 aliphatic heterocycles. The van der Waals surface area contributed by atoms with Gasteiger partial charge in [0.1, 0.15) is 11.5 Å². The molecule has 1 unspecified atom stereocenters. The van der Waals surface area contributed by atoms with Crippen LogP contribution in [0.4, 0.5) is 34.8 Å². The normalized spacial score (nSPS) is 12.1. The summed E-state index contributed by atoms with van der Waals surface area (Å²) in [6, 6.07) is 7.14. The van der Waals surface area contributed by atoms with Crippen molar-refractivity contribution in [2.24, 2.45) is 0 Å². The van der Waals surface area contributed by atoms with E-state index in [1.807, 2.05) is 0 Å². The van der Waals surface area contributed by atoms with Crippen LogP contribution in [-0.4, -0.2) is 40.4 Å². The molecule has 2 amide bonds. The second-order valence-corrected chi connectivity index (χ2v) is 7.51. The molecule has 0 radical (unpaired) electrons. The van der Waals surface area contributed by atoms with Crippen molar-refractivity contribution in [2.75, 3.05) is 29.1 Å². The van der Waals surface area contributed by atoms with Crippen LogP contribution in [0.3, 0.4) is 0 Å². The number of benzene rings is 1. The van der Waals surface area contributed by atoms with Crippen molar-refractivity contribution in [3.05, 3.63) is 71.7 Å². The van der Waals surface area contributed by atoms with Crippen LogP contribution in [0.5, 0.6) is 0 Å². The minimum Gasteiger partial charge on any atom is -0.369 e. The van der Waals surface area contributed by atoms with Gasteiger partial charge in [-0.15, -0.1) is 0 Å². The number of nitrogens with zero attached hydrogens (tertiary/aromatic N) is 4. The molecular formula is C23H22F4N6O2. The smallest absolute Gasteiger partial charge is 0.369 e. The number of nitrogens with one attached hydrogen (secondary N) is 2. The number of likely N-dealkylation sites (N-methyl/N-ethyl adjacent to an activating group) is 1. The molecule has 3 rings (SSSR count). The molecule has 2 heterocycles. The SMILES string of the molecule is CCNc1nc(C(F)(F)F)ccc1N(C)C(=O)C(C)c1cnc(C(=O)Nc2ccc(F)cc2)nc1. The molecule has 12 heteroatoms. The highest BCUT2D eigenvalue weighted by molar-refractivity contribution is 6.02. The first-order valence-corrected chi connectivity index (χ1v) is 10.5. The molecule has 0 spiro atoms. The van der Waals surface area contributed by atoms with E-state index in [9.17, 15) is 27.2 Å². The average molecular weight is 490 g/mol. The van der Waals surface area contributed by atoms with Gasteiger partial charge in [0.05, 0.1) is 11.6 Å². The lowest BCUT2D eigenvalue weighted by atomic mass is 10.0. The molecule has 2 aromatic heterocycles. The highest BCUT2D eigenvalue weighted by Crippen LogP contribution is 2.33. The van der Waals surface area contributed by atoms with Gasteiger partial charge >= 0.3 is 6.18 Å². The number of carbonyl (C=O) groups is 2. The van der Waals surface area contributed by atoms with Gasteiger partial charge in [0, 0.05) is 37.2 Å². The number of halogens is 4. The minimum atomic E-state index is -4.62. The second-order valence-electron chi connectivity index (χ2n) is 7.51. The third-order valence-corrected chi connectivity index (χ3v) is 5.05. The molecule has 0 fully saturated rings. The lowest BCUT2D eigenvalue weighted by molar-refractivity contribution is -0.141. The number of alkyl halides is 3. The monoisotopic (exact) mass is 490 g/mol. The van der Waals surface area contributed by atoms with Gasteiger partial charge < -0.3 is 15.5 Å². The summed E-state index contributed by atoms with van der Waals surface area (Å²) >= 11 is 0. The third kappa shape index (κ3) is 6.08. The number of aromatic nitrogens is 3. The number of hydrogen-bond donors (Lipinski definition) is 2. The van der Waals surface area contributed by atoms with E-state index in [-0.39, 0.29) is 17.3 Å². The van der Waals surface area contributed by atoms with Crippen LogP contribution in [0.1, 0.15) is 41.6 Å². The number of pyridine rings is 1. The first-order chi connectivity index (χ1) is 16.5. The summed E-state index contributed by atoms with van der Waals surface area (Å²) in [6.45, 7) is 3.58. The number of carbonyl (C=O) groups excluding carboxylic acids is 2. The predicted molar refractivity (Wildman–Crippen MR) is 122 cm³/mol. The standard InChI is InChI=1S/C23H22F4N6O2/c1-4-28-19-17(9-10-18(32-19)23(25,26)27)33(3)22(35)13(2)14-11-29-20(30-12-14)21(34)31-16-7-5-15(24)6-8-16/h5-13H,4H2,1-3H3,(H,28,32)(H,31,34). The lowest BCUT2D eigenvalue weighted by Gasteiger charge is -2.24. The highest BCUT2D eigenvalue weighted by atomic mass is 19.4. The Morgan fingerprint density at radius 1 is 1.06 bits per heavy atom. The van der Waals surface area contributed by atoms with Crippen LogP contribution in [-0.2, 0) is 11.0 Å². The van der Waals surface area contributed by atoms with E-state index < -0.39 is 35.4 Å². The fourth-order valence-electron chi connectivity index (χ4n) is 3.13. The van der Waals surface area contributed by atoms with E-state index in [4.69, 9.17) is 0 Å². The summed E-state index contributed by atoms with van der Waals surface area (Å²) in [5.41, 5.74) is -0.150. The quantitative estimate of drug-likeness (QED) is 0.474. The molecule has 2 N–H and O–H groups in total. The molecule has 35 heavy (non-hydrogen) atoms. The van der Waals surface area contributed by atoms with Crippen molar-refractivity contribution in [3.63, 3.8) is 0 Å². The zero-order valence-electron chi connectivity index (χ0n) is 19.0. The van der Waals surface area contributed by atoms with E-state index in [1.165, 1.54) is 54.7 Å². The largest absolute Gasteiger partial charge is 0.433 e. The van der Waals surface area contributed by atoms with Crippen molar-refractivity contribution >= 4 is 29.0 Å². The Balaban J connectivity index is 1.75. The van der Waals surface area contributed by atoms with E-state index in [0.717, 1.165) is 6.07 Å². The van der Waals surface area contributed by atoms with Gasteiger partial charge in [0.2, 0.25) is 11.7 Å². The maximum Gasteiger partial charge on any atom is 0.433 e. The van der Waals surface area contributed by atoms with Crippen molar-refractivity contribution < 1.29 is 27.2 Å². The van der Waals surface area contributed by atoms with E-state index in [2.05, 4.69) is 25.6 Å². The zero-order chi connectivity index (χ0) is 25.8. The maximum atomic E-state index is 13.1. The average Bonchev–Trinajstić information content (AvgIpc) is 2.83. The minimum absolute atomic E-state index is 0.0746. The van der Waals surface area contributed by atoms with Crippen LogP contribution >= 0.6 is 0 Å². The van der Waals surface area contributed by atoms with Gasteiger partial charge in [0.25, 0.3) is 5.91 Å². The zero-order valence-corrected chi connectivity index (χ0v) is 19.0. The molecule has 3 aromatic rings. The molecule has 0 aliphatic carbocycles. The summed E-state index contributed by atoms with van der Waals surface area (Å²) in [5, 5.41) is 5.28. The number of rotatable bonds is 7. The van der Waals surface area contributed by atoms with Gasteiger partial charge in [-0.05, 0) is 50.2 Å². The summed E-state index contributed by atoms with van der Waals surface area (Å²) in [4.78, 5) is 38.2. The van der Waals surface area contributed by atoms with Crippen molar-refractivity contribution in [3.8, 4) is 0 Å². The first-order valence-electron chi connectivity index (χ1n) is 10.5. The maximum absolute atomic E-state index is 13.1. The van der Waals surface area contributed by atoms with Gasteiger partial charge in [-0.3, -0.25) is 9.59 Å². The second kappa shape index (κ2) is 10.5. The van der Waals surface area contributed by atoms with Gasteiger partial charge in [-0.2, -0.15) is 13.2 Å². The number of hydrogen-bond acceptors (Lipinski definition) is 6. The van der Waals surface area contributed by atoms with E-state index >= 15 is 0 Å². The molecule has 1 aromatic carbocycles. The number of anilines is 3. The van der Waals surface area contributed by atoms with Crippen LogP contribution < -0.4 is 15.5 Å². The summed E-state index contributed by atoms with van der Waals surface area (Å²) in [5.74, 6) is -2.52. The lowest BCUT2D eigenvalue weighted by Crippen LogP contribution is -2.32. The fourth-order valence-corrected chi connectivity index (χ4v) is 3.13. The van der Waals surface area contributed by atoms with Crippen LogP contribution in [0.25, 0.3) is 0 Å². The Morgan fingerprint density at radius 3 is 2.26 bits per heavy atom. The fraction of sp³-hybridized carbons (Fsp3) is 0.261. The Kier molecular flexibility index (Phi) is 7.62. The van der Waals surface area contributed by atoms with Crippen LogP contribution in [0.15, 0.2) is 48.8 Å². The number of amides is 2. The summed E-state index contributed by atoms with van der Waals surface area (Å²) < 4.78 is 52.1. The third-order valence-electron chi connectivity index (χ3n) is 5.05. The highest BCUT2D eigenvalue weighted by Gasteiger charge is 2.34. The molecule has 0 bridgehead atoms. The Bertz CT molecular complexity index is 1200. The van der Waals surface area contributed by atoms with Gasteiger partial charge in [0.15, 0.2) is 5.82 Å². The Labute approximate surface area is 198 Å². The molecular weight excluding hydrogens is 468 g/mol. The van der Waals surface area contributed by atoms with E-state index in [0.29, 0.717) is 17.8 Å². The van der Waals surface area contributed by atoms with Crippen LogP contribution in [0, 0.1) is 5.82 Å². The molecule has 1 atom stereocenters. The van der Waals surface area contributed by atoms with Crippen LogP contribution in [0.2, 0.25) is 0 Å². The van der Waals surface area contributed by atoms with Gasteiger partial charge in [-0.25, -0.2) is 19.3 Å². The first kappa shape index (κ1) is 25.5. The predicted octanol–water partition coefficient (Wildman–Crippen LogP) is 4.48. The van der Waals surface area contributed by atoms with E-state index in [1.54, 1.807) is 13.8 Å². The molecule has 8 nitrogen and oxygen atoms in total. The molecule has 0 saturated heterocycles.